The molecule has 0 bridgehead atoms. The minimum Gasteiger partial charge on any atom is -0.357 e. The second-order valence-electron chi connectivity index (χ2n) is 8.90. The molecule has 2 heterocycles. The Hall–Kier alpha value is -2.09. The van der Waals surface area contributed by atoms with Crippen LogP contribution < -0.4 is 15.5 Å². The number of nitrogens with one attached hydrogen (secondary N) is 2. The molecule has 178 valence electrons. The molecule has 1 saturated carbocycles. The molecule has 0 radical (unpaired) electrons. The van der Waals surface area contributed by atoms with Gasteiger partial charge in [0.05, 0.1) is 0 Å². The summed E-state index contributed by atoms with van der Waals surface area (Å²) in [5.74, 6) is 1.97. The van der Waals surface area contributed by atoms with E-state index in [9.17, 15) is 4.79 Å². The van der Waals surface area contributed by atoms with Crippen LogP contribution in [0.25, 0.3) is 0 Å². The van der Waals surface area contributed by atoms with Gasteiger partial charge in [0.2, 0.25) is 5.95 Å². The molecule has 1 aromatic carbocycles. The van der Waals surface area contributed by atoms with Gasteiger partial charge in [-0.2, -0.15) is 9.97 Å². The van der Waals surface area contributed by atoms with Crippen LogP contribution in [0.15, 0.2) is 30.3 Å². The van der Waals surface area contributed by atoms with Crippen molar-refractivity contribution in [3.05, 3.63) is 46.1 Å². The summed E-state index contributed by atoms with van der Waals surface area (Å²) in [5, 5.41) is 6.84. The van der Waals surface area contributed by atoms with E-state index in [4.69, 9.17) is 23.2 Å². The Bertz CT molecular complexity index is 928. The predicted molar refractivity (Wildman–Crippen MR) is 135 cm³/mol. The van der Waals surface area contributed by atoms with Crippen molar-refractivity contribution in [2.24, 2.45) is 5.92 Å². The Labute approximate surface area is 205 Å². The number of hydrogen-bond acceptors (Lipinski definition) is 6. The third kappa shape index (κ3) is 6.28. The van der Waals surface area contributed by atoms with Crippen LogP contribution in [-0.4, -0.2) is 66.6 Å². The topological polar surface area (TPSA) is 73.4 Å². The largest absolute Gasteiger partial charge is 0.357 e. The van der Waals surface area contributed by atoms with Crippen LogP contribution >= 0.6 is 23.2 Å². The number of piperazine rings is 1. The summed E-state index contributed by atoms with van der Waals surface area (Å²) >= 11 is 12.5. The summed E-state index contributed by atoms with van der Waals surface area (Å²) < 4.78 is 0. The maximum Gasteiger partial charge on any atom is 0.251 e. The van der Waals surface area contributed by atoms with Crippen LogP contribution in [-0.2, 0) is 0 Å². The monoisotopic (exact) mass is 490 g/mol. The molecule has 0 atom stereocenters. The van der Waals surface area contributed by atoms with Crippen molar-refractivity contribution >= 4 is 40.9 Å². The molecule has 7 nitrogen and oxygen atoms in total. The van der Waals surface area contributed by atoms with Gasteiger partial charge in [-0.1, -0.05) is 41.4 Å². The number of aromatic nitrogens is 2. The van der Waals surface area contributed by atoms with E-state index in [-0.39, 0.29) is 11.1 Å². The molecule has 33 heavy (non-hydrogen) atoms. The summed E-state index contributed by atoms with van der Waals surface area (Å²) in [6.07, 6.45) is 5.71. The second kappa shape index (κ2) is 11.4. The van der Waals surface area contributed by atoms with E-state index in [1.54, 1.807) is 7.05 Å². The molecule has 2 N–H and O–H groups in total. The highest BCUT2D eigenvalue weighted by Gasteiger charge is 2.25. The highest BCUT2D eigenvalue weighted by atomic mass is 35.5. The first-order chi connectivity index (χ1) is 16.0. The number of carbonyl (C=O) groups is 1. The first kappa shape index (κ1) is 24.0. The Kier molecular flexibility index (Phi) is 8.28. The molecule has 2 fully saturated rings. The van der Waals surface area contributed by atoms with Crippen LogP contribution in [0.5, 0.6) is 0 Å². The number of halogens is 2. The maximum atomic E-state index is 12.4. The van der Waals surface area contributed by atoms with E-state index in [1.807, 2.05) is 30.3 Å². The predicted octanol–water partition coefficient (Wildman–Crippen LogP) is 4.33. The van der Waals surface area contributed by atoms with Gasteiger partial charge in [0.1, 0.15) is 5.02 Å². The van der Waals surface area contributed by atoms with Gasteiger partial charge in [-0.05, 0) is 56.7 Å². The maximum absolute atomic E-state index is 12.4. The average Bonchev–Trinajstić information content (AvgIpc) is 2.86. The minimum atomic E-state index is 0.0452. The second-order valence-corrected chi connectivity index (χ2v) is 9.64. The SMILES string of the molecule is CNc1nc(Cl)c(Cl)c(N2CCN(CC[C@H]3CC[C@H](NC(=O)c4ccccc4)CC3)CC2)n1. The molecule has 0 spiro atoms. The van der Waals surface area contributed by atoms with Gasteiger partial charge in [0.15, 0.2) is 11.0 Å². The number of hydrogen-bond donors (Lipinski definition) is 2. The summed E-state index contributed by atoms with van der Waals surface area (Å²) in [7, 11) is 1.77. The van der Waals surface area contributed by atoms with Crippen LogP contribution in [0.2, 0.25) is 10.2 Å². The number of benzene rings is 1. The van der Waals surface area contributed by atoms with Gasteiger partial charge in [-0.25, -0.2) is 0 Å². The fraction of sp³-hybridized carbons (Fsp3) is 0.542. The van der Waals surface area contributed by atoms with Crippen molar-refractivity contribution in [1.82, 2.24) is 20.2 Å². The Morgan fingerprint density at radius 3 is 2.39 bits per heavy atom. The molecule has 1 aliphatic carbocycles. The van der Waals surface area contributed by atoms with E-state index in [0.29, 0.717) is 22.8 Å². The lowest BCUT2D eigenvalue weighted by Crippen LogP contribution is -2.47. The standard InChI is InChI=1S/C24H32Cl2N6O/c1-27-24-29-21(26)20(25)22(30-24)32-15-13-31(14-16-32)12-11-17-7-9-19(10-8-17)28-23(33)18-5-3-2-4-6-18/h2-6,17,19H,7-16H2,1H3,(H,28,33)(H,27,29,30)/t17-,19-. The van der Waals surface area contributed by atoms with Crippen molar-refractivity contribution < 1.29 is 4.79 Å². The number of amides is 1. The Balaban J connectivity index is 1.18. The average molecular weight is 491 g/mol. The zero-order valence-corrected chi connectivity index (χ0v) is 20.6. The number of rotatable bonds is 7. The fourth-order valence-corrected chi connectivity index (χ4v) is 5.10. The van der Waals surface area contributed by atoms with E-state index >= 15 is 0 Å². The van der Waals surface area contributed by atoms with Crippen LogP contribution in [0.4, 0.5) is 11.8 Å². The molecular formula is C24H32Cl2N6O. The third-order valence-corrected chi connectivity index (χ3v) is 7.48. The number of anilines is 2. The van der Waals surface area contributed by atoms with Crippen molar-refractivity contribution in [1.29, 1.82) is 0 Å². The Morgan fingerprint density at radius 1 is 1.03 bits per heavy atom. The van der Waals surface area contributed by atoms with Gasteiger partial charge in [-0.15, -0.1) is 0 Å². The van der Waals surface area contributed by atoms with Gasteiger partial charge in [0, 0.05) is 44.8 Å². The van der Waals surface area contributed by atoms with Crippen LogP contribution in [0, 0.1) is 5.92 Å². The summed E-state index contributed by atoms with van der Waals surface area (Å²) in [6.45, 7) is 4.81. The molecule has 1 saturated heterocycles. The van der Waals surface area contributed by atoms with Crippen molar-refractivity contribution in [2.45, 2.75) is 38.1 Å². The lowest BCUT2D eigenvalue weighted by atomic mass is 9.84. The molecule has 1 amide bonds. The normalized spacial score (nSPS) is 21.6. The van der Waals surface area contributed by atoms with E-state index < -0.39 is 0 Å². The molecule has 9 heteroatoms. The van der Waals surface area contributed by atoms with Gasteiger partial charge in [0.25, 0.3) is 5.91 Å². The third-order valence-electron chi connectivity index (χ3n) is 6.76. The van der Waals surface area contributed by atoms with E-state index in [0.717, 1.165) is 57.0 Å². The summed E-state index contributed by atoms with van der Waals surface area (Å²) in [4.78, 5) is 25.7. The molecule has 1 aliphatic heterocycles. The van der Waals surface area contributed by atoms with Crippen molar-refractivity contribution in [3.63, 3.8) is 0 Å². The van der Waals surface area contributed by atoms with Crippen molar-refractivity contribution in [3.8, 4) is 0 Å². The molecule has 2 aliphatic rings. The zero-order valence-electron chi connectivity index (χ0n) is 19.1. The molecule has 1 aromatic heterocycles. The van der Waals surface area contributed by atoms with E-state index in [1.165, 1.54) is 19.3 Å². The summed E-state index contributed by atoms with van der Waals surface area (Å²) in [6, 6.07) is 9.78. The Morgan fingerprint density at radius 2 is 1.73 bits per heavy atom. The highest BCUT2D eigenvalue weighted by Crippen LogP contribution is 2.32. The van der Waals surface area contributed by atoms with Crippen LogP contribution in [0.3, 0.4) is 0 Å². The summed E-state index contributed by atoms with van der Waals surface area (Å²) in [5.41, 5.74) is 0.742. The minimum absolute atomic E-state index is 0.0452. The van der Waals surface area contributed by atoms with Crippen LogP contribution in [0.1, 0.15) is 42.5 Å². The molecular weight excluding hydrogens is 459 g/mol. The first-order valence-corrected chi connectivity index (χ1v) is 12.5. The molecule has 0 unspecified atom stereocenters. The quantitative estimate of drug-likeness (QED) is 0.562. The smallest absolute Gasteiger partial charge is 0.251 e. The molecule has 2 aromatic rings. The first-order valence-electron chi connectivity index (χ1n) is 11.8. The lowest BCUT2D eigenvalue weighted by molar-refractivity contribution is 0.0919. The van der Waals surface area contributed by atoms with Gasteiger partial charge >= 0.3 is 0 Å². The van der Waals surface area contributed by atoms with E-state index in [2.05, 4.69) is 30.4 Å². The zero-order chi connectivity index (χ0) is 23.2. The van der Waals surface area contributed by atoms with Gasteiger partial charge < -0.3 is 15.5 Å². The highest BCUT2D eigenvalue weighted by molar-refractivity contribution is 6.42. The number of carbonyl (C=O) groups excluding carboxylic acids is 1. The number of nitrogens with zero attached hydrogens (tertiary/aromatic N) is 4. The fourth-order valence-electron chi connectivity index (χ4n) is 4.73. The lowest BCUT2D eigenvalue weighted by Gasteiger charge is -2.37. The van der Waals surface area contributed by atoms with Crippen molar-refractivity contribution in [2.75, 3.05) is 50.0 Å². The van der Waals surface area contributed by atoms with Gasteiger partial charge in [-0.3, -0.25) is 9.69 Å². The molecule has 4 rings (SSSR count).